The zero-order chi connectivity index (χ0) is 27.6. The molecule has 2 fully saturated rings. The van der Waals surface area contributed by atoms with Crippen LogP contribution in [0.1, 0.15) is 71.2 Å². The zero-order valence-corrected chi connectivity index (χ0v) is 22.8. The number of aliphatic hydroxyl groups excluding tert-OH is 1. The van der Waals surface area contributed by atoms with Crippen molar-refractivity contribution in [3.8, 4) is 0 Å². The van der Waals surface area contributed by atoms with Crippen LogP contribution in [0.15, 0.2) is 29.8 Å². The molecule has 2 aromatic rings. The van der Waals surface area contributed by atoms with Gasteiger partial charge in [-0.05, 0) is 43.4 Å². The summed E-state index contributed by atoms with van der Waals surface area (Å²) in [7, 11) is 0. The maximum Gasteiger partial charge on any atom is 0.355 e. The Morgan fingerprint density at radius 2 is 1.79 bits per heavy atom. The first-order valence-electron chi connectivity index (χ1n) is 13.2. The lowest BCUT2D eigenvalue weighted by molar-refractivity contribution is -0.140. The molecule has 3 heterocycles. The molecular weight excluding hydrogens is 486 g/mol. The van der Waals surface area contributed by atoms with Crippen LogP contribution in [-0.2, 0) is 19.1 Å². The van der Waals surface area contributed by atoms with Gasteiger partial charge in [-0.2, -0.15) is 0 Å². The number of H-pyrrole nitrogens is 1. The minimum absolute atomic E-state index is 0.0230. The normalized spacial score (nSPS) is 19.9. The topological polar surface area (TPSA) is 112 Å². The number of hydrogen-bond acceptors (Lipinski definition) is 7. The molecule has 0 aliphatic carbocycles. The molecule has 1 aromatic carbocycles. The standard InChI is InChI=1S/C29H37N3O6/c1-6-38-29(36)24-18(4)22(19(5)30-24)26(33)23-25(21-9-7-20(8-10-21)17(2)3)32(28(35)27(23)34)12-11-31-13-15-37-16-14-31/h7-10,17,25,30,33H,6,11-16H2,1-5H3/b26-23+. The highest BCUT2D eigenvalue weighted by molar-refractivity contribution is 6.46. The van der Waals surface area contributed by atoms with Gasteiger partial charge < -0.3 is 24.5 Å². The maximum absolute atomic E-state index is 13.5. The van der Waals surface area contributed by atoms with Crippen LogP contribution in [0.25, 0.3) is 5.76 Å². The number of morpholine rings is 1. The van der Waals surface area contributed by atoms with E-state index in [0.29, 0.717) is 49.0 Å². The van der Waals surface area contributed by atoms with Crippen molar-refractivity contribution in [2.45, 2.75) is 46.6 Å². The van der Waals surface area contributed by atoms with Crippen LogP contribution in [0.3, 0.4) is 0 Å². The van der Waals surface area contributed by atoms with Gasteiger partial charge in [0, 0.05) is 37.4 Å². The second-order valence-corrected chi connectivity index (χ2v) is 10.1. The van der Waals surface area contributed by atoms with Gasteiger partial charge >= 0.3 is 5.97 Å². The van der Waals surface area contributed by atoms with E-state index in [4.69, 9.17) is 9.47 Å². The number of ketones is 1. The first kappa shape index (κ1) is 27.6. The lowest BCUT2D eigenvalue weighted by atomic mass is 9.92. The molecule has 38 heavy (non-hydrogen) atoms. The Hall–Kier alpha value is -3.43. The molecule has 9 heteroatoms. The second-order valence-electron chi connectivity index (χ2n) is 10.1. The number of likely N-dealkylation sites (tertiary alicyclic amines) is 1. The number of rotatable bonds is 8. The highest BCUT2D eigenvalue weighted by atomic mass is 16.5. The molecule has 9 nitrogen and oxygen atoms in total. The van der Waals surface area contributed by atoms with E-state index in [0.717, 1.165) is 24.2 Å². The number of carbonyl (C=O) groups is 3. The number of carbonyl (C=O) groups excluding carboxylic acids is 3. The Kier molecular flexibility index (Phi) is 8.38. The predicted molar refractivity (Wildman–Crippen MR) is 143 cm³/mol. The van der Waals surface area contributed by atoms with Crippen LogP contribution < -0.4 is 0 Å². The van der Waals surface area contributed by atoms with Gasteiger partial charge in [0.2, 0.25) is 0 Å². The number of Topliss-reactive ketones (excluding diaryl/α,β-unsaturated/α-hetero) is 1. The molecule has 1 amide bonds. The number of aryl methyl sites for hydroxylation is 1. The smallest absolute Gasteiger partial charge is 0.355 e. The summed E-state index contributed by atoms with van der Waals surface area (Å²) in [5.74, 6) is -1.90. The van der Waals surface area contributed by atoms with Crippen LogP contribution in [0.2, 0.25) is 0 Å². The summed E-state index contributed by atoms with van der Waals surface area (Å²) in [4.78, 5) is 46.0. The SMILES string of the molecule is CCOC(=O)c1[nH]c(C)c(/C(O)=C2\C(=O)C(=O)N(CCN3CCOCC3)C2c2ccc(C(C)C)cc2)c1C. The third kappa shape index (κ3) is 5.26. The first-order chi connectivity index (χ1) is 18.1. The van der Waals surface area contributed by atoms with Crippen LogP contribution in [0.5, 0.6) is 0 Å². The van der Waals surface area contributed by atoms with Crippen molar-refractivity contribution in [2.75, 3.05) is 46.0 Å². The number of aromatic nitrogens is 1. The Labute approximate surface area is 223 Å². The van der Waals surface area contributed by atoms with Crippen molar-refractivity contribution >= 4 is 23.4 Å². The van der Waals surface area contributed by atoms with E-state index in [1.165, 1.54) is 0 Å². The number of aliphatic hydroxyl groups is 1. The van der Waals surface area contributed by atoms with Crippen molar-refractivity contribution in [1.29, 1.82) is 0 Å². The van der Waals surface area contributed by atoms with Gasteiger partial charge in [-0.15, -0.1) is 0 Å². The van der Waals surface area contributed by atoms with E-state index in [9.17, 15) is 19.5 Å². The number of esters is 1. The Bertz CT molecular complexity index is 1240. The van der Waals surface area contributed by atoms with Gasteiger partial charge in [0.1, 0.15) is 11.5 Å². The van der Waals surface area contributed by atoms with E-state index in [-0.39, 0.29) is 23.6 Å². The van der Waals surface area contributed by atoms with Crippen molar-refractivity contribution in [1.82, 2.24) is 14.8 Å². The lowest BCUT2D eigenvalue weighted by Gasteiger charge is -2.31. The van der Waals surface area contributed by atoms with Crippen LogP contribution >= 0.6 is 0 Å². The molecule has 1 aromatic heterocycles. The van der Waals surface area contributed by atoms with Crippen LogP contribution in [-0.4, -0.2) is 83.5 Å². The van der Waals surface area contributed by atoms with Gasteiger partial charge in [-0.1, -0.05) is 38.1 Å². The van der Waals surface area contributed by atoms with Gasteiger partial charge in [-0.25, -0.2) is 4.79 Å². The molecule has 2 aliphatic heterocycles. The van der Waals surface area contributed by atoms with Crippen molar-refractivity contribution in [3.05, 3.63) is 63.5 Å². The molecular formula is C29H37N3O6. The molecule has 0 saturated carbocycles. The Morgan fingerprint density at radius 3 is 2.39 bits per heavy atom. The summed E-state index contributed by atoms with van der Waals surface area (Å²) in [5.41, 5.74) is 3.43. The summed E-state index contributed by atoms with van der Waals surface area (Å²) in [5, 5.41) is 11.6. The van der Waals surface area contributed by atoms with Gasteiger partial charge in [0.15, 0.2) is 0 Å². The van der Waals surface area contributed by atoms with E-state index >= 15 is 0 Å². The van der Waals surface area contributed by atoms with Crippen molar-refractivity contribution in [2.24, 2.45) is 0 Å². The Balaban J connectivity index is 1.79. The average Bonchev–Trinajstić information content (AvgIpc) is 3.34. The van der Waals surface area contributed by atoms with E-state index in [1.807, 2.05) is 24.3 Å². The monoisotopic (exact) mass is 523 g/mol. The molecule has 0 radical (unpaired) electrons. The van der Waals surface area contributed by atoms with E-state index < -0.39 is 23.7 Å². The lowest BCUT2D eigenvalue weighted by Crippen LogP contribution is -2.42. The molecule has 1 unspecified atom stereocenters. The van der Waals surface area contributed by atoms with Crippen LogP contribution in [0, 0.1) is 13.8 Å². The van der Waals surface area contributed by atoms with Crippen molar-refractivity contribution < 1.29 is 29.0 Å². The summed E-state index contributed by atoms with van der Waals surface area (Å²) >= 11 is 0. The third-order valence-corrected chi connectivity index (χ3v) is 7.37. The number of nitrogens with one attached hydrogen (secondary N) is 1. The predicted octanol–water partition coefficient (Wildman–Crippen LogP) is 3.69. The number of hydrogen-bond donors (Lipinski definition) is 2. The van der Waals surface area contributed by atoms with Crippen LogP contribution in [0.4, 0.5) is 0 Å². The highest BCUT2D eigenvalue weighted by Gasteiger charge is 2.46. The molecule has 0 bridgehead atoms. The minimum atomic E-state index is -0.753. The minimum Gasteiger partial charge on any atom is -0.507 e. The van der Waals surface area contributed by atoms with Gasteiger partial charge in [0.05, 0.1) is 31.4 Å². The van der Waals surface area contributed by atoms with Gasteiger partial charge in [-0.3, -0.25) is 14.5 Å². The number of aromatic amines is 1. The highest BCUT2D eigenvalue weighted by Crippen LogP contribution is 2.41. The zero-order valence-electron chi connectivity index (χ0n) is 22.8. The third-order valence-electron chi connectivity index (χ3n) is 7.37. The van der Waals surface area contributed by atoms with Gasteiger partial charge in [0.25, 0.3) is 11.7 Å². The Morgan fingerprint density at radius 1 is 1.13 bits per heavy atom. The molecule has 4 rings (SSSR count). The second kappa shape index (κ2) is 11.5. The molecule has 2 N–H and O–H groups in total. The fourth-order valence-electron chi connectivity index (χ4n) is 5.24. The first-order valence-corrected chi connectivity index (χ1v) is 13.2. The number of ether oxygens (including phenoxy) is 2. The molecule has 1 atom stereocenters. The fraction of sp³-hybridized carbons (Fsp3) is 0.483. The largest absolute Gasteiger partial charge is 0.507 e. The van der Waals surface area contributed by atoms with Crippen molar-refractivity contribution in [3.63, 3.8) is 0 Å². The summed E-state index contributed by atoms with van der Waals surface area (Å²) in [6.45, 7) is 13.2. The average molecular weight is 524 g/mol. The maximum atomic E-state index is 13.5. The molecule has 2 aliphatic rings. The molecule has 204 valence electrons. The number of nitrogens with zero attached hydrogens (tertiary/aromatic N) is 2. The molecule has 0 spiro atoms. The molecule has 2 saturated heterocycles. The fourth-order valence-corrected chi connectivity index (χ4v) is 5.24. The summed E-state index contributed by atoms with van der Waals surface area (Å²) < 4.78 is 10.6. The van der Waals surface area contributed by atoms with E-state index in [1.54, 1.807) is 25.7 Å². The summed E-state index contributed by atoms with van der Waals surface area (Å²) in [6.07, 6.45) is 0. The summed E-state index contributed by atoms with van der Waals surface area (Å²) in [6, 6.07) is 7.07. The quantitative estimate of drug-likeness (QED) is 0.235. The van der Waals surface area contributed by atoms with E-state index in [2.05, 4.69) is 23.7 Å². The number of benzene rings is 1. The number of amides is 1.